The molecule has 1 aromatic carbocycles. The Balaban J connectivity index is 1.91. The van der Waals surface area contributed by atoms with Crippen LogP contribution in [0.15, 0.2) is 29.6 Å². The summed E-state index contributed by atoms with van der Waals surface area (Å²) in [5.74, 6) is 0.596. The third-order valence-electron chi connectivity index (χ3n) is 3.88. The van der Waals surface area contributed by atoms with Crippen LogP contribution in [0, 0.1) is 0 Å². The van der Waals surface area contributed by atoms with Crippen LogP contribution >= 0.6 is 11.3 Å². The predicted molar refractivity (Wildman–Crippen MR) is 99.0 cm³/mol. The lowest BCUT2D eigenvalue weighted by atomic mass is 10.0. The number of nitrogens with zero attached hydrogens (tertiary/aromatic N) is 1. The quantitative estimate of drug-likeness (QED) is 0.618. The van der Waals surface area contributed by atoms with E-state index < -0.39 is 0 Å². The predicted octanol–water partition coefficient (Wildman–Crippen LogP) is 5.84. The summed E-state index contributed by atoms with van der Waals surface area (Å²) in [5.41, 5.74) is 3.34. The fraction of sp³-hybridized carbons (Fsp3) is 0.474. The highest BCUT2D eigenvalue weighted by atomic mass is 32.1. The number of carbonyl (C=O) groups is 1. The van der Waals surface area contributed by atoms with Crippen molar-refractivity contribution < 1.29 is 4.79 Å². The number of nitrogens with one attached hydrogen (secondary N) is 1. The molecule has 2 rings (SSSR count). The number of amides is 1. The zero-order chi connectivity index (χ0) is 16.7. The lowest BCUT2D eigenvalue weighted by Gasteiger charge is -2.05. The van der Waals surface area contributed by atoms with Crippen LogP contribution in [0.2, 0.25) is 0 Å². The van der Waals surface area contributed by atoms with Crippen LogP contribution in [-0.4, -0.2) is 10.9 Å². The number of aromatic nitrogens is 1. The molecule has 1 heterocycles. The molecular weight excluding hydrogens is 304 g/mol. The van der Waals surface area contributed by atoms with E-state index >= 15 is 0 Å². The summed E-state index contributed by atoms with van der Waals surface area (Å²) in [5, 5.41) is 5.59. The van der Waals surface area contributed by atoms with Gasteiger partial charge in [-0.1, -0.05) is 64.3 Å². The molecule has 0 aliphatic heterocycles. The van der Waals surface area contributed by atoms with Gasteiger partial charge < -0.3 is 5.32 Å². The van der Waals surface area contributed by atoms with E-state index in [1.165, 1.54) is 29.7 Å². The largest absolute Gasteiger partial charge is 0.302 e. The molecule has 3 nitrogen and oxygen atoms in total. The molecule has 0 atom stereocenters. The molecule has 0 bridgehead atoms. The first-order valence-corrected chi connectivity index (χ1v) is 9.33. The van der Waals surface area contributed by atoms with Crippen molar-refractivity contribution in [2.45, 2.75) is 58.8 Å². The van der Waals surface area contributed by atoms with Crippen LogP contribution in [0.1, 0.15) is 64.4 Å². The van der Waals surface area contributed by atoms with Crippen LogP contribution in [0.25, 0.3) is 11.3 Å². The molecule has 1 N–H and O–H groups in total. The van der Waals surface area contributed by atoms with Crippen molar-refractivity contribution in [3.8, 4) is 11.3 Å². The Morgan fingerprint density at radius 2 is 1.91 bits per heavy atom. The Bertz CT molecular complexity index is 617. The van der Waals surface area contributed by atoms with Gasteiger partial charge in [0.2, 0.25) is 5.91 Å². The van der Waals surface area contributed by atoms with E-state index in [9.17, 15) is 4.79 Å². The van der Waals surface area contributed by atoms with Gasteiger partial charge in [0.1, 0.15) is 0 Å². The number of benzene rings is 1. The Morgan fingerprint density at radius 1 is 1.17 bits per heavy atom. The molecule has 0 radical (unpaired) electrons. The van der Waals surface area contributed by atoms with Gasteiger partial charge in [-0.25, -0.2) is 4.98 Å². The number of carbonyl (C=O) groups excluding carboxylic acids is 1. The van der Waals surface area contributed by atoms with Gasteiger partial charge in [0.05, 0.1) is 5.69 Å². The van der Waals surface area contributed by atoms with Crippen LogP contribution in [0.3, 0.4) is 0 Å². The van der Waals surface area contributed by atoms with Crippen molar-refractivity contribution >= 4 is 22.4 Å². The number of rotatable bonds is 8. The first kappa shape index (κ1) is 17.7. The minimum absolute atomic E-state index is 0.0668. The zero-order valence-corrected chi connectivity index (χ0v) is 15.1. The lowest BCUT2D eigenvalue weighted by Crippen LogP contribution is -2.10. The summed E-state index contributed by atoms with van der Waals surface area (Å²) in [6, 6.07) is 8.48. The summed E-state index contributed by atoms with van der Waals surface area (Å²) >= 11 is 1.48. The topological polar surface area (TPSA) is 42.0 Å². The molecule has 1 aromatic heterocycles. The molecule has 4 heteroatoms. The number of hydrogen-bond donors (Lipinski definition) is 1. The Hall–Kier alpha value is -1.68. The number of unbranched alkanes of at least 4 members (excludes halogenated alkanes) is 3. The monoisotopic (exact) mass is 330 g/mol. The van der Waals surface area contributed by atoms with Gasteiger partial charge in [0, 0.05) is 17.4 Å². The van der Waals surface area contributed by atoms with Gasteiger partial charge in [-0.3, -0.25) is 4.79 Å². The average molecular weight is 330 g/mol. The van der Waals surface area contributed by atoms with E-state index in [0.29, 0.717) is 17.5 Å². The Kier molecular flexibility index (Phi) is 6.78. The SMILES string of the molecule is CCCCCCC(=O)Nc1nc(-c2ccc(C(C)C)cc2)cs1. The molecule has 1 amide bonds. The maximum atomic E-state index is 11.9. The first-order valence-electron chi connectivity index (χ1n) is 8.46. The molecule has 0 fully saturated rings. The fourth-order valence-corrected chi connectivity index (χ4v) is 3.13. The van der Waals surface area contributed by atoms with Gasteiger partial charge in [-0.2, -0.15) is 0 Å². The highest BCUT2D eigenvalue weighted by Crippen LogP contribution is 2.26. The minimum Gasteiger partial charge on any atom is -0.302 e. The highest BCUT2D eigenvalue weighted by Gasteiger charge is 2.08. The van der Waals surface area contributed by atoms with Gasteiger partial charge in [-0.05, 0) is 17.9 Å². The molecule has 124 valence electrons. The van der Waals surface area contributed by atoms with Gasteiger partial charge in [0.15, 0.2) is 5.13 Å². The van der Waals surface area contributed by atoms with Crippen molar-refractivity contribution in [2.75, 3.05) is 5.32 Å². The third kappa shape index (κ3) is 5.47. The van der Waals surface area contributed by atoms with Gasteiger partial charge >= 0.3 is 0 Å². The first-order chi connectivity index (χ1) is 11.1. The molecule has 0 unspecified atom stereocenters. The van der Waals surface area contributed by atoms with E-state index in [1.807, 2.05) is 5.38 Å². The maximum Gasteiger partial charge on any atom is 0.226 e. The standard InChI is InChI=1S/C19H26N2OS/c1-4-5-6-7-8-18(22)21-19-20-17(13-23-19)16-11-9-15(10-12-16)14(2)3/h9-14H,4-8H2,1-3H3,(H,20,21,22). The second-order valence-electron chi connectivity index (χ2n) is 6.17. The van der Waals surface area contributed by atoms with Crippen molar-refractivity contribution in [3.05, 3.63) is 35.2 Å². The summed E-state index contributed by atoms with van der Waals surface area (Å²) in [6.45, 7) is 6.54. The lowest BCUT2D eigenvalue weighted by molar-refractivity contribution is -0.116. The zero-order valence-electron chi connectivity index (χ0n) is 14.3. The van der Waals surface area contributed by atoms with Gasteiger partial charge in [-0.15, -0.1) is 11.3 Å². The van der Waals surface area contributed by atoms with Crippen LogP contribution in [0.5, 0.6) is 0 Å². The molecule has 0 aliphatic rings. The van der Waals surface area contributed by atoms with Crippen molar-refractivity contribution in [3.63, 3.8) is 0 Å². The van der Waals surface area contributed by atoms with Gasteiger partial charge in [0.25, 0.3) is 0 Å². The second-order valence-corrected chi connectivity index (χ2v) is 7.03. The van der Waals surface area contributed by atoms with Crippen molar-refractivity contribution in [2.24, 2.45) is 0 Å². The van der Waals surface area contributed by atoms with Crippen LogP contribution < -0.4 is 5.32 Å². The van der Waals surface area contributed by atoms with E-state index in [1.54, 1.807) is 0 Å². The molecular formula is C19H26N2OS. The van der Waals surface area contributed by atoms with E-state index in [0.717, 1.165) is 24.1 Å². The van der Waals surface area contributed by atoms with Crippen LogP contribution in [0.4, 0.5) is 5.13 Å². The Morgan fingerprint density at radius 3 is 2.57 bits per heavy atom. The third-order valence-corrected chi connectivity index (χ3v) is 4.64. The maximum absolute atomic E-state index is 11.9. The summed E-state index contributed by atoms with van der Waals surface area (Å²) in [4.78, 5) is 16.4. The Labute approximate surface area is 143 Å². The molecule has 23 heavy (non-hydrogen) atoms. The summed E-state index contributed by atoms with van der Waals surface area (Å²) in [6.07, 6.45) is 5.04. The fourth-order valence-electron chi connectivity index (χ4n) is 2.40. The van der Waals surface area contributed by atoms with Crippen LogP contribution in [-0.2, 0) is 4.79 Å². The average Bonchev–Trinajstić information content (AvgIpc) is 3.00. The molecule has 0 aliphatic carbocycles. The van der Waals surface area contributed by atoms with E-state index in [4.69, 9.17) is 0 Å². The second kappa shape index (κ2) is 8.82. The number of hydrogen-bond acceptors (Lipinski definition) is 3. The molecule has 0 spiro atoms. The summed E-state index contributed by atoms with van der Waals surface area (Å²) in [7, 11) is 0. The highest BCUT2D eigenvalue weighted by molar-refractivity contribution is 7.14. The normalized spacial score (nSPS) is 11.0. The van der Waals surface area contributed by atoms with E-state index in [2.05, 4.69) is 55.3 Å². The number of anilines is 1. The van der Waals surface area contributed by atoms with Crippen molar-refractivity contribution in [1.29, 1.82) is 0 Å². The number of thiazole rings is 1. The smallest absolute Gasteiger partial charge is 0.226 e. The molecule has 2 aromatic rings. The summed E-state index contributed by atoms with van der Waals surface area (Å²) < 4.78 is 0. The minimum atomic E-state index is 0.0668. The van der Waals surface area contributed by atoms with E-state index in [-0.39, 0.29) is 5.91 Å². The molecule has 0 saturated carbocycles. The van der Waals surface area contributed by atoms with Crippen molar-refractivity contribution in [1.82, 2.24) is 4.98 Å². The molecule has 0 saturated heterocycles.